The van der Waals surface area contributed by atoms with Crippen LogP contribution < -0.4 is 15.4 Å². The van der Waals surface area contributed by atoms with Gasteiger partial charge >= 0.3 is 0 Å². The summed E-state index contributed by atoms with van der Waals surface area (Å²) in [6, 6.07) is 5.32. The summed E-state index contributed by atoms with van der Waals surface area (Å²) < 4.78 is 5.54. The van der Waals surface area contributed by atoms with E-state index in [-0.39, 0.29) is 13.2 Å². The van der Waals surface area contributed by atoms with E-state index in [4.69, 9.17) is 9.84 Å². The molecule has 1 aromatic carbocycles. The Bertz CT molecular complexity index is 529. The fraction of sp³-hybridized carbons (Fsp3) is 0.385. The number of amides is 2. The normalized spacial score (nSPS) is 21.1. The van der Waals surface area contributed by atoms with Crippen LogP contribution in [0.1, 0.15) is 12.5 Å². The van der Waals surface area contributed by atoms with E-state index in [1.165, 1.54) is 6.92 Å². The fourth-order valence-electron chi connectivity index (χ4n) is 1.83. The first-order valence-corrected chi connectivity index (χ1v) is 5.97. The third-order valence-corrected chi connectivity index (χ3v) is 2.96. The first-order chi connectivity index (χ1) is 8.97. The van der Waals surface area contributed by atoms with Gasteiger partial charge in [-0.15, -0.1) is 0 Å². The van der Waals surface area contributed by atoms with E-state index in [9.17, 15) is 9.59 Å². The van der Waals surface area contributed by atoms with E-state index < -0.39 is 17.4 Å². The highest BCUT2D eigenvalue weighted by molar-refractivity contribution is 6.15. The number of ether oxygens (including phenoxy) is 1. The van der Waals surface area contributed by atoms with E-state index >= 15 is 0 Å². The van der Waals surface area contributed by atoms with Crippen LogP contribution in [0.5, 0.6) is 5.75 Å². The second-order valence-electron chi connectivity index (χ2n) is 4.57. The lowest BCUT2D eigenvalue weighted by Crippen LogP contribution is -2.59. The molecule has 0 spiro atoms. The number of rotatable bonds is 3. The van der Waals surface area contributed by atoms with Gasteiger partial charge in [-0.25, -0.2) is 0 Å². The van der Waals surface area contributed by atoms with Gasteiger partial charge in [-0.3, -0.25) is 9.59 Å². The molecule has 102 valence electrons. The van der Waals surface area contributed by atoms with Crippen molar-refractivity contribution in [3.63, 3.8) is 0 Å². The molecule has 0 saturated carbocycles. The zero-order valence-corrected chi connectivity index (χ0v) is 10.8. The van der Waals surface area contributed by atoms with Crippen LogP contribution in [-0.2, 0) is 9.59 Å². The summed E-state index contributed by atoms with van der Waals surface area (Å²) in [5.41, 5.74) is -0.0920. The number of nitrogens with one attached hydrogen (secondary N) is 2. The lowest BCUT2D eigenvalue weighted by Gasteiger charge is -2.33. The van der Waals surface area contributed by atoms with Crippen molar-refractivity contribution in [2.45, 2.75) is 19.4 Å². The van der Waals surface area contributed by atoms with Gasteiger partial charge in [-0.2, -0.15) is 0 Å². The summed E-state index contributed by atoms with van der Waals surface area (Å²) in [7, 11) is 0. The van der Waals surface area contributed by atoms with Crippen LogP contribution in [0.2, 0.25) is 0 Å². The number of hydrogen-bond acceptors (Lipinski definition) is 4. The van der Waals surface area contributed by atoms with Gasteiger partial charge in [0.15, 0.2) is 0 Å². The summed E-state index contributed by atoms with van der Waals surface area (Å²) in [4.78, 5) is 24.0. The molecule has 0 radical (unpaired) electrons. The van der Waals surface area contributed by atoms with Crippen LogP contribution in [0.4, 0.5) is 5.69 Å². The summed E-state index contributed by atoms with van der Waals surface area (Å²) in [5.74, 6) is -0.654. The molecule has 0 aliphatic carbocycles. The quantitative estimate of drug-likeness (QED) is 0.680. The van der Waals surface area contributed by atoms with Gasteiger partial charge in [0.25, 0.3) is 17.4 Å². The molecule has 3 N–H and O–H groups in total. The Morgan fingerprint density at radius 2 is 2.26 bits per heavy atom. The highest BCUT2D eigenvalue weighted by atomic mass is 16.5. The molecule has 2 amide bonds. The van der Waals surface area contributed by atoms with Crippen LogP contribution in [0.3, 0.4) is 0 Å². The average Bonchev–Trinajstić information content (AvgIpc) is 2.37. The van der Waals surface area contributed by atoms with Gasteiger partial charge in [-0.05, 0) is 31.5 Å². The van der Waals surface area contributed by atoms with Crippen LogP contribution in [-0.4, -0.2) is 35.7 Å². The van der Waals surface area contributed by atoms with Crippen molar-refractivity contribution >= 4 is 17.5 Å². The summed E-state index contributed by atoms with van der Waals surface area (Å²) in [6.45, 7) is 3.18. The third kappa shape index (κ3) is 2.39. The van der Waals surface area contributed by atoms with Crippen molar-refractivity contribution in [3.8, 4) is 5.75 Å². The van der Waals surface area contributed by atoms with Crippen molar-refractivity contribution in [2.24, 2.45) is 0 Å². The molecule has 0 saturated heterocycles. The number of aliphatic hydroxyl groups excluding tert-OH is 1. The van der Waals surface area contributed by atoms with Gasteiger partial charge in [0.05, 0.1) is 12.3 Å². The Hall–Kier alpha value is -2.08. The standard InChI is InChI=1S/C13H16N2O4/c1-8-3-4-10-9(7-8)15-12(18)13(2,19-10)11(17)14-5-6-16/h3-4,7,16H,5-6H2,1-2H3,(H,14,17)(H,15,18)/t13-/m0/s1. The number of anilines is 1. The molecular formula is C13H16N2O4. The maximum absolute atomic E-state index is 12.0. The van der Waals surface area contributed by atoms with Crippen LogP contribution in [0.25, 0.3) is 0 Å². The largest absolute Gasteiger partial charge is 0.466 e. The number of hydrogen-bond donors (Lipinski definition) is 3. The van der Waals surface area contributed by atoms with Crippen LogP contribution in [0.15, 0.2) is 18.2 Å². The van der Waals surface area contributed by atoms with E-state index in [2.05, 4.69) is 10.6 Å². The number of aliphatic hydroxyl groups is 1. The van der Waals surface area contributed by atoms with E-state index in [0.29, 0.717) is 11.4 Å². The molecule has 1 heterocycles. The minimum absolute atomic E-state index is 0.0752. The number of benzene rings is 1. The van der Waals surface area contributed by atoms with E-state index in [1.807, 2.05) is 13.0 Å². The van der Waals surface area contributed by atoms with Gasteiger partial charge in [0, 0.05) is 6.54 Å². The van der Waals surface area contributed by atoms with Crippen LogP contribution >= 0.6 is 0 Å². The monoisotopic (exact) mass is 264 g/mol. The molecule has 1 aromatic rings. The minimum atomic E-state index is -1.63. The average molecular weight is 264 g/mol. The second kappa shape index (κ2) is 4.89. The Labute approximate surface area is 110 Å². The molecular weight excluding hydrogens is 248 g/mol. The van der Waals surface area contributed by atoms with Gasteiger partial charge in [0.2, 0.25) is 0 Å². The predicted molar refractivity (Wildman–Crippen MR) is 68.9 cm³/mol. The number of carbonyl (C=O) groups is 2. The van der Waals surface area contributed by atoms with E-state index in [0.717, 1.165) is 5.56 Å². The lowest BCUT2D eigenvalue weighted by molar-refractivity contribution is -0.146. The fourth-order valence-corrected chi connectivity index (χ4v) is 1.83. The summed E-state index contributed by atoms with van der Waals surface area (Å²) in [6.07, 6.45) is 0. The maximum atomic E-state index is 12.0. The molecule has 6 heteroatoms. The van der Waals surface area contributed by atoms with Gasteiger partial charge in [-0.1, -0.05) is 6.07 Å². The molecule has 1 aliphatic rings. The Morgan fingerprint density at radius 3 is 2.95 bits per heavy atom. The molecule has 6 nitrogen and oxygen atoms in total. The molecule has 0 bridgehead atoms. The molecule has 2 rings (SSSR count). The Kier molecular flexibility index (Phi) is 3.44. The lowest BCUT2D eigenvalue weighted by atomic mass is 10.0. The zero-order chi connectivity index (χ0) is 14.0. The highest BCUT2D eigenvalue weighted by Gasteiger charge is 2.47. The molecule has 1 aliphatic heterocycles. The summed E-state index contributed by atoms with van der Waals surface area (Å²) in [5, 5.41) is 13.8. The maximum Gasteiger partial charge on any atom is 0.278 e. The highest BCUT2D eigenvalue weighted by Crippen LogP contribution is 2.34. The number of aryl methyl sites for hydroxylation is 1. The molecule has 19 heavy (non-hydrogen) atoms. The van der Waals surface area contributed by atoms with Crippen LogP contribution in [0, 0.1) is 6.92 Å². The number of carbonyl (C=O) groups excluding carboxylic acids is 2. The van der Waals surface area contributed by atoms with Crippen molar-refractivity contribution in [3.05, 3.63) is 23.8 Å². The second-order valence-corrected chi connectivity index (χ2v) is 4.57. The Morgan fingerprint density at radius 1 is 1.53 bits per heavy atom. The molecule has 0 fully saturated rings. The predicted octanol–water partition coefficient (Wildman–Crippen LogP) is 0.193. The minimum Gasteiger partial charge on any atom is -0.466 e. The number of fused-ring (bicyclic) bond motifs is 1. The first-order valence-electron chi connectivity index (χ1n) is 5.97. The summed E-state index contributed by atoms with van der Waals surface area (Å²) >= 11 is 0. The zero-order valence-electron chi connectivity index (χ0n) is 10.8. The molecule has 1 atom stereocenters. The van der Waals surface area contributed by atoms with Crippen molar-refractivity contribution < 1.29 is 19.4 Å². The van der Waals surface area contributed by atoms with Crippen molar-refractivity contribution in [1.29, 1.82) is 0 Å². The molecule has 0 unspecified atom stereocenters. The topological polar surface area (TPSA) is 87.7 Å². The molecule has 0 aromatic heterocycles. The smallest absolute Gasteiger partial charge is 0.278 e. The van der Waals surface area contributed by atoms with Gasteiger partial charge < -0.3 is 20.5 Å². The Balaban J connectivity index is 2.27. The third-order valence-electron chi connectivity index (χ3n) is 2.96. The van der Waals surface area contributed by atoms with Crippen molar-refractivity contribution in [1.82, 2.24) is 5.32 Å². The van der Waals surface area contributed by atoms with Gasteiger partial charge in [0.1, 0.15) is 5.75 Å². The van der Waals surface area contributed by atoms with E-state index in [1.54, 1.807) is 12.1 Å². The van der Waals surface area contributed by atoms with Crippen molar-refractivity contribution in [2.75, 3.05) is 18.5 Å². The first kappa shape index (κ1) is 13.4. The SMILES string of the molecule is Cc1ccc2c(c1)NC(=O)[C@](C)(C(=O)NCCO)O2.